The second-order valence-electron chi connectivity index (χ2n) is 6.35. The Balaban J connectivity index is 1.76. The molecule has 1 fully saturated rings. The van der Waals surface area contributed by atoms with Crippen molar-refractivity contribution >= 4 is 0 Å². The Labute approximate surface area is 124 Å². The predicted molar refractivity (Wildman–Crippen MR) is 86.7 cm³/mol. The van der Waals surface area contributed by atoms with Crippen LogP contribution in [0.1, 0.15) is 57.6 Å². The number of nitrogens with two attached hydrogens (primary N) is 1. The zero-order valence-corrected chi connectivity index (χ0v) is 13.1. The molecule has 2 heteroatoms. The van der Waals surface area contributed by atoms with E-state index in [0.29, 0.717) is 5.41 Å². The largest absolute Gasteiger partial charge is 0.324 e. The SMILES string of the molecule is CCC1(CC)CCN(CCC(N)c2ccccc2)CC1. The Morgan fingerprint density at radius 1 is 1.10 bits per heavy atom. The van der Waals surface area contributed by atoms with Gasteiger partial charge < -0.3 is 10.6 Å². The van der Waals surface area contributed by atoms with Crippen molar-refractivity contribution < 1.29 is 0 Å². The lowest BCUT2D eigenvalue weighted by atomic mass is 9.74. The van der Waals surface area contributed by atoms with Crippen molar-refractivity contribution in [3.63, 3.8) is 0 Å². The van der Waals surface area contributed by atoms with E-state index in [2.05, 4.69) is 49.1 Å². The summed E-state index contributed by atoms with van der Waals surface area (Å²) in [5.41, 5.74) is 8.18. The van der Waals surface area contributed by atoms with E-state index in [4.69, 9.17) is 5.73 Å². The van der Waals surface area contributed by atoms with Gasteiger partial charge in [-0.15, -0.1) is 0 Å². The Kier molecular flexibility index (Phi) is 5.62. The Bertz CT molecular complexity index is 374. The van der Waals surface area contributed by atoms with Crippen LogP contribution in [0.5, 0.6) is 0 Å². The molecular formula is C18H30N2. The fourth-order valence-electron chi connectivity index (χ4n) is 3.40. The van der Waals surface area contributed by atoms with Gasteiger partial charge in [-0.3, -0.25) is 0 Å². The maximum atomic E-state index is 6.29. The molecule has 1 heterocycles. The van der Waals surface area contributed by atoms with Gasteiger partial charge in [-0.05, 0) is 49.9 Å². The lowest BCUT2D eigenvalue weighted by Gasteiger charge is -2.41. The number of benzene rings is 1. The molecule has 0 radical (unpaired) electrons. The van der Waals surface area contributed by atoms with Crippen molar-refractivity contribution in [2.24, 2.45) is 11.1 Å². The van der Waals surface area contributed by atoms with E-state index in [1.165, 1.54) is 44.3 Å². The average Bonchev–Trinajstić information content (AvgIpc) is 2.54. The third-order valence-corrected chi connectivity index (χ3v) is 5.40. The molecule has 2 rings (SSSR count). The van der Waals surface area contributed by atoms with E-state index in [0.717, 1.165) is 13.0 Å². The molecule has 1 aliphatic rings. The zero-order chi connectivity index (χ0) is 14.4. The van der Waals surface area contributed by atoms with Crippen LogP contribution < -0.4 is 5.73 Å². The van der Waals surface area contributed by atoms with Crippen molar-refractivity contribution in [1.29, 1.82) is 0 Å². The number of rotatable bonds is 6. The molecule has 0 spiro atoms. The highest BCUT2D eigenvalue weighted by molar-refractivity contribution is 5.18. The number of nitrogens with zero attached hydrogens (tertiary/aromatic N) is 1. The molecule has 0 amide bonds. The van der Waals surface area contributed by atoms with E-state index >= 15 is 0 Å². The molecule has 1 aromatic rings. The Morgan fingerprint density at radius 3 is 2.25 bits per heavy atom. The van der Waals surface area contributed by atoms with Gasteiger partial charge in [0.05, 0.1) is 0 Å². The van der Waals surface area contributed by atoms with Crippen LogP contribution in [-0.2, 0) is 0 Å². The van der Waals surface area contributed by atoms with Gasteiger partial charge in [-0.25, -0.2) is 0 Å². The molecular weight excluding hydrogens is 244 g/mol. The maximum absolute atomic E-state index is 6.29. The van der Waals surface area contributed by atoms with E-state index < -0.39 is 0 Å². The number of hydrogen-bond donors (Lipinski definition) is 1. The summed E-state index contributed by atoms with van der Waals surface area (Å²) in [7, 11) is 0. The van der Waals surface area contributed by atoms with Crippen LogP contribution >= 0.6 is 0 Å². The second-order valence-corrected chi connectivity index (χ2v) is 6.35. The van der Waals surface area contributed by atoms with Crippen LogP contribution in [-0.4, -0.2) is 24.5 Å². The molecule has 1 aromatic carbocycles. The van der Waals surface area contributed by atoms with Gasteiger partial charge in [0.15, 0.2) is 0 Å². The number of hydrogen-bond acceptors (Lipinski definition) is 2. The van der Waals surface area contributed by atoms with E-state index in [-0.39, 0.29) is 6.04 Å². The van der Waals surface area contributed by atoms with Crippen LogP contribution in [0.4, 0.5) is 0 Å². The highest BCUT2D eigenvalue weighted by atomic mass is 15.1. The monoisotopic (exact) mass is 274 g/mol. The molecule has 0 bridgehead atoms. The zero-order valence-electron chi connectivity index (χ0n) is 13.1. The Morgan fingerprint density at radius 2 is 1.70 bits per heavy atom. The van der Waals surface area contributed by atoms with Crippen molar-refractivity contribution in [1.82, 2.24) is 4.90 Å². The van der Waals surface area contributed by atoms with Crippen molar-refractivity contribution in [3.05, 3.63) is 35.9 Å². The molecule has 1 saturated heterocycles. The minimum atomic E-state index is 0.181. The molecule has 1 aliphatic heterocycles. The first-order valence-corrected chi connectivity index (χ1v) is 8.22. The van der Waals surface area contributed by atoms with Crippen LogP contribution in [0.3, 0.4) is 0 Å². The summed E-state index contributed by atoms with van der Waals surface area (Å²) >= 11 is 0. The van der Waals surface area contributed by atoms with Gasteiger partial charge in [-0.2, -0.15) is 0 Å². The van der Waals surface area contributed by atoms with Crippen LogP contribution in [0.25, 0.3) is 0 Å². The Hall–Kier alpha value is -0.860. The molecule has 0 aromatic heterocycles. The first kappa shape index (κ1) is 15.5. The predicted octanol–water partition coefficient (Wildman–Crippen LogP) is 3.98. The molecule has 0 aliphatic carbocycles. The summed E-state index contributed by atoms with van der Waals surface area (Å²) < 4.78 is 0. The molecule has 2 N–H and O–H groups in total. The van der Waals surface area contributed by atoms with E-state index in [1.807, 2.05) is 0 Å². The van der Waals surface area contributed by atoms with E-state index in [1.54, 1.807) is 0 Å². The lowest BCUT2D eigenvalue weighted by Crippen LogP contribution is -2.40. The summed E-state index contributed by atoms with van der Waals surface area (Å²) in [4.78, 5) is 2.60. The van der Waals surface area contributed by atoms with Gasteiger partial charge >= 0.3 is 0 Å². The fourth-order valence-corrected chi connectivity index (χ4v) is 3.40. The third-order valence-electron chi connectivity index (χ3n) is 5.40. The third kappa shape index (κ3) is 3.83. The topological polar surface area (TPSA) is 29.3 Å². The van der Waals surface area contributed by atoms with Crippen LogP contribution in [0.2, 0.25) is 0 Å². The molecule has 112 valence electrons. The standard InChI is InChI=1S/C18H30N2/c1-3-18(4-2)11-14-20(15-12-18)13-10-17(19)16-8-6-5-7-9-16/h5-9,17H,3-4,10-15,19H2,1-2H3. The van der Waals surface area contributed by atoms with Crippen molar-refractivity contribution in [3.8, 4) is 0 Å². The summed E-state index contributed by atoms with van der Waals surface area (Å²) in [6, 6.07) is 10.7. The van der Waals surface area contributed by atoms with Gasteiger partial charge in [0.25, 0.3) is 0 Å². The smallest absolute Gasteiger partial charge is 0.0307 e. The summed E-state index contributed by atoms with van der Waals surface area (Å²) in [5, 5.41) is 0. The fraction of sp³-hybridized carbons (Fsp3) is 0.667. The van der Waals surface area contributed by atoms with Crippen LogP contribution in [0.15, 0.2) is 30.3 Å². The molecule has 0 saturated carbocycles. The minimum Gasteiger partial charge on any atom is -0.324 e. The first-order valence-electron chi connectivity index (χ1n) is 8.22. The number of likely N-dealkylation sites (tertiary alicyclic amines) is 1. The number of piperidine rings is 1. The average molecular weight is 274 g/mol. The molecule has 1 unspecified atom stereocenters. The molecule has 1 atom stereocenters. The summed E-state index contributed by atoms with van der Waals surface area (Å²) in [6.07, 6.45) is 6.46. The molecule has 20 heavy (non-hydrogen) atoms. The lowest BCUT2D eigenvalue weighted by molar-refractivity contribution is 0.0934. The van der Waals surface area contributed by atoms with Crippen molar-refractivity contribution in [2.45, 2.75) is 52.0 Å². The van der Waals surface area contributed by atoms with Gasteiger partial charge in [-0.1, -0.05) is 57.0 Å². The van der Waals surface area contributed by atoms with Crippen molar-refractivity contribution in [2.75, 3.05) is 19.6 Å². The quantitative estimate of drug-likeness (QED) is 0.850. The summed E-state index contributed by atoms with van der Waals surface area (Å²) in [6.45, 7) is 8.35. The first-order chi connectivity index (χ1) is 9.69. The maximum Gasteiger partial charge on any atom is 0.0307 e. The highest BCUT2D eigenvalue weighted by Crippen LogP contribution is 2.37. The summed E-state index contributed by atoms with van der Waals surface area (Å²) in [5.74, 6) is 0. The highest BCUT2D eigenvalue weighted by Gasteiger charge is 2.30. The van der Waals surface area contributed by atoms with Gasteiger partial charge in [0, 0.05) is 6.04 Å². The van der Waals surface area contributed by atoms with Crippen LogP contribution in [0, 0.1) is 5.41 Å². The molecule has 2 nitrogen and oxygen atoms in total. The van der Waals surface area contributed by atoms with Gasteiger partial charge in [0.2, 0.25) is 0 Å². The van der Waals surface area contributed by atoms with E-state index in [9.17, 15) is 0 Å². The normalized spacial score (nSPS) is 20.8. The van der Waals surface area contributed by atoms with Gasteiger partial charge in [0.1, 0.15) is 0 Å². The second kappa shape index (κ2) is 7.24. The minimum absolute atomic E-state index is 0.181.